The molecule has 0 aromatic rings. The summed E-state index contributed by atoms with van der Waals surface area (Å²) in [5.74, 6) is 2.08. The van der Waals surface area contributed by atoms with E-state index in [2.05, 4.69) is 10.6 Å². The van der Waals surface area contributed by atoms with Gasteiger partial charge in [-0.2, -0.15) is 11.8 Å². The van der Waals surface area contributed by atoms with Crippen molar-refractivity contribution < 1.29 is 9.59 Å². The molecule has 0 aromatic carbocycles. The molecule has 1 unspecified atom stereocenters. The van der Waals surface area contributed by atoms with E-state index in [9.17, 15) is 9.59 Å². The molecule has 0 aromatic heterocycles. The Morgan fingerprint density at radius 3 is 2.58 bits per heavy atom. The largest absolute Gasteiger partial charge is 0.369 e. The Balaban J connectivity index is 1.67. The lowest BCUT2D eigenvalue weighted by Crippen LogP contribution is -2.44. The van der Waals surface area contributed by atoms with Gasteiger partial charge in [0.25, 0.3) is 0 Å². The lowest BCUT2D eigenvalue weighted by atomic mass is 9.85. The van der Waals surface area contributed by atoms with E-state index in [0.717, 1.165) is 43.7 Å². The van der Waals surface area contributed by atoms with Crippen LogP contribution < -0.4 is 16.4 Å². The van der Waals surface area contributed by atoms with Crippen LogP contribution in [0.1, 0.15) is 32.1 Å². The van der Waals surface area contributed by atoms with Crippen LogP contribution in [0.4, 0.5) is 0 Å². The zero-order valence-electron chi connectivity index (χ0n) is 11.2. The van der Waals surface area contributed by atoms with Gasteiger partial charge >= 0.3 is 0 Å². The lowest BCUT2D eigenvalue weighted by molar-refractivity contribution is -0.123. The quantitative estimate of drug-likeness (QED) is 0.691. The van der Waals surface area contributed by atoms with E-state index in [0.29, 0.717) is 12.5 Å². The minimum atomic E-state index is -0.201. The maximum Gasteiger partial charge on any atom is 0.221 e. The minimum absolute atomic E-state index is 0.00423. The fraction of sp³-hybridized carbons (Fsp3) is 0.846. The Labute approximate surface area is 118 Å². The second kappa shape index (κ2) is 7.14. The summed E-state index contributed by atoms with van der Waals surface area (Å²) in [7, 11) is 0. The third-order valence-electron chi connectivity index (χ3n) is 3.92. The third kappa shape index (κ3) is 4.69. The van der Waals surface area contributed by atoms with Crippen molar-refractivity contribution in [3.63, 3.8) is 0 Å². The van der Waals surface area contributed by atoms with Crippen molar-refractivity contribution in [1.29, 1.82) is 0 Å². The van der Waals surface area contributed by atoms with Crippen LogP contribution in [-0.2, 0) is 9.59 Å². The van der Waals surface area contributed by atoms with Gasteiger partial charge in [0.15, 0.2) is 0 Å². The molecule has 0 radical (unpaired) electrons. The number of thioether (sulfide) groups is 1. The second-order valence-corrected chi connectivity index (χ2v) is 6.60. The molecule has 4 N–H and O–H groups in total. The van der Waals surface area contributed by atoms with Gasteiger partial charge in [-0.1, -0.05) is 0 Å². The number of nitrogens with two attached hydrogens (primary N) is 1. The molecule has 19 heavy (non-hydrogen) atoms. The highest BCUT2D eigenvalue weighted by atomic mass is 32.2. The summed E-state index contributed by atoms with van der Waals surface area (Å²) >= 11 is 1.90. The van der Waals surface area contributed by atoms with Gasteiger partial charge < -0.3 is 16.4 Å². The van der Waals surface area contributed by atoms with Crippen LogP contribution >= 0.6 is 11.8 Å². The molecule has 6 heteroatoms. The molecule has 2 fully saturated rings. The highest BCUT2D eigenvalue weighted by molar-refractivity contribution is 7.99. The lowest BCUT2D eigenvalue weighted by Gasteiger charge is -2.28. The molecule has 2 rings (SSSR count). The van der Waals surface area contributed by atoms with Crippen LogP contribution in [0.25, 0.3) is 0 Å². The van der Waals surface area contributed by atoms with Crippen LogP contribution in [-0.4, -0.2) is 41.9 Å². The van der Waals surface area contributed by atoms with Crippen molar-refractivity contribution in [2.45, 2.75) is 44.2 Å². The van der Waals surface area contributed by atoms with Crippen LogP contribution in [0.3, 0.4) is 0 Å². The van der Waals surface area contributed by atoms with Crippen molar-refractivity contribution in [3.05, 3.63) is 0 Å². The van der Waals surface area contributed by atoms with E-state index < -0.39 is 0 Å². The Morgan fingerprint density at radius 1 is 1.26 bits per heavy atom. The molecule has 1 heterocycles. The monoisotopic (exact) mass is 285 g/mol. The summed E-state index contributed by atoms with van der Waals surface area (Å²) < 4.78 is 0. The van der Waals surface area contributed by atoms with Crippen molar-refractivity contribution in [1.82, 2.24) is 10.6 Å². The first kappa shape index (κ1) is 14.7. The molecule has 0 bridgehead atoms. The number of carbonyl (C=O) groups excluding carboxylic acids is 2. The molecule has 108 valence electrons. The molecule has 1 saturated carbocycles. The molecule has 5 nitrogen and oxygen atoms in total. The normalized spacial score (nSPS) is 31.7. The van der Waals surface area contributed by atoms with Gasteiger partial charge in [0.2, 0.25) is 11.8 Å². The van der Waals surface area contributed by atoms with Gasteiger partial charge in [0, 0.05) is 42.5 Å². The summed E-state index contributed by atoms with van der Waals surface area (Å²) in [4.78, 5) is 23.0. The smallest absolute Gasteiger partial charge is 0.221 e. The summed E-state index contributed by atoms with van der Waals surface area (Å²) in [5.41, 5.74) is 5.30. The first-order valence-electron chi connectivity index (χ1n) is 7.05. The van der Waals surface area contributed by atoms with Crippen LogP contribution in [0.15, 0.2) is 0 Å². The fourth-order valence-electron chi connectivity index (χ4n) is 2.78. The highest BCUT2D eigenvalue weighted by Crippen LogP contribution is 2.24. The van der Waals surface area contributed by atoms with E-state index >= 15 is 0 Å². The first-order chi connectivity index (χ1) is 9.15. The molecule has 2 aliphatic rings. The SMILES string of the molecule is NC(=O)C1CCC(NC(=O)CC2CSCCN2)CC1. The van der Waals surface area contributed by atoms with E-state index in [4.69, 9.17) is 5.73 Å². The average molecular weight is 285 g/mol. The number of carbonyl (C=O) groups is 2. The van der Waals surface area contributed by atoms with E-state index in [1.165, 1.54) is 0 Å². The van der Waals surface area contributed by atoms with E-state index in [1.54, 1.807) is 0 Å². The number of nitrogens with one attached hydrogen (secondary N) is 2. The Kier molecular flexibility index (Phi) is 5.51. The predicted octanol–water partition coefficient (Wildman–Crippen LogP) is 0.242. The Morgan fingerprint density at radius 2 is 2.00 bits per heavy atom. The Hall–Kier alpha value is -0.750. The first-order valence-corrected chi connectivity index (χ1v) is 8.20. The average Bonchev–Trinajstić information content (AvgIpc) is 2.40. The number of primary amides is 1. The maximum atomic E-state index is 11.9. The van der Waals surface area contributed by atoms with Crippen molar-refractivity contribution in [3.8, 4) is 0 Å². The van der Waals surface area contributed by atoms with Crippen LogP contribution in [0.5, 0.6) is 0 Å². The highest BCUT2D eigenvalue weighted by Gasteiger charge is 2.26. The zero-order valence-corrected chi connectivity index (χ0v) is 12.0. The van der Waals surface area contributed by atoms with E-state index in [1.807, 2.05) is 11.8 Å². The van der Waals surface area contributed by atoms with Gasteiger partial charge in [0.1, 0.15) is 0 Å². The summed E-state index contributed by atoms with van der Waals surface area (Å²) in [6.07, 6.45) is 3.90. The predicted molar refractivity (Wildman–Crippen MR) is 76.8 cm³/mol. The molecular formula is C13H23N3O2S. The summed E-state index contributed by atoms with van der Waals surface area (Å²) in [6, 6.07) is 0.528. The van der Waals surface area contributed by atoms with Crippen LogP contribution in [0.2, 0.25) is 0 Å². The standard InChI is InChI=1S/C13H23N3O2S/c14-13(18)9-1-3-10(4-2-9)16-12(17)7-11-8-19-6-5-15-11/h9-11,15H,1-8H2,(H2,14,18)(H,16,17). The number of hydrogen-bond donors (Lipinski definition) is 3. The maximum absolute atomic E-state index is 11.9. The second-order valence-electron chi connectivity index (χ2n) is 5.45. The van der Waals surface area contributed by atoms with Gasteiger partial charge in [-0.25, -0.2) is 0 Å². The van der Waals surface area contributed by atoms with Gasteiger partial charge in [0.05, 0.1) is 0 Å². The fourth-order valence-corrected chi connectivity index (χ4v) is 3.73. The molecule has 1 aliphatic heterocycles. The molecule has 1 saturated heterocycles. The van der Waals surface area contributed by atoms with Crippen molar-refractivity contribution in [2.75, 3.05) is 18.1 Å². The molecular weight excluding hydrogens is 262 g/mol. The zero-order chi connectivity index (χ0) is 13.7. The number of amides is 2. The molecule has 0 spiro atoms. The van der Waals surface area contributed by atoms with Crippen LogP contribution in [0, 0.1) is 5.92 Å². The molecule has 1 aliphatic carbocycles. The Bertz CT molecular complexity index is 324. The minimum Gasteiger partial charge on any atom is -0.369 e. The summed E-state index contributed by atoms with van der Waals surface area (Å²) in [5, 5.41) is 6.45. The topological polar surface area (TPSA) is 84.2 Å². The number of rotatable bonds is 4. The molecule has 2 amide bonds. The van der Waals surface area contributed by atoms with Crippen molar-refractivity contribution in [2.24, 2.45) is 11.7 Å². The van der Waals surface area contributed by atoms with E-state index in [-0.39, 0.29) is 23.8 Å². The van der Waals surface area contributed by atoms with Gasteiger partial charge in [-0.3, -0.25) is 9.59 Å². The molecule has 1 atom stereocenters. The van der Waals surface area contributed by atoms with Crippen molar-refractivity contribution >= 4 is 23.6 Å². The third-order valence-corrected chi connectivity index (χ3v) is 5.06. The van der Waals surface area contributed by atoms with Gasteiger partial charge in [-0.15, -0.1) is 0 Å². The van der Waals surface area contributed by atoms with Gasteiger partial charge in [-0.05, 0) is 25.7 Å². The number of hydrogen-bond acceptors (Lipinski definition) is 4. The summed E-state index contributed by atoms with van der Waals surface area (Å²) in [6.45, 7) is 0.992.